The zero-order valence-corrected chi connectivity index (χ0v) is 11.7. The second-order valence-corrected chi connectivity index (χ2v) is 4.87. The van der Waals surface area contributed by atoms with E-state index in [1.165, 1.54) is 18.2 Å². The molecule has 1 aromatic carbocycles. The molecule has 1 aromatic heterocycles. The molecule has 0 aliphatic heterocycles. The molecule has 0 saturated heterocycles. The van der Waals surface area contributed by atoms with Crippen LogP contribution in [0.5, 0.6) is 5.75 Å². The van der Waals surface area contributed by atoms with Crippen LogP contribution in [0, 0.1) is 25.2 Å². The van der Waals surface area contributed by atoms with Crippen molar-refractivity contribution < 1.29 is 18.3 Å². The van der Waals surface area contributed by atoms with E-state index in [1.807, 2.05) is 0 Å². The maximum Gasteiger partial charge on any atom is 0.417 e. The van der Waals surface area contributed by atoms with Crippen molar-refractivity contribution >= 4 is 0 Å². The number of phenolic OH excluding ortho intramolecular Hbond substituents is 1. The normalized spacial score (nSPS) is 11.3. The summed E-state index contributed by atoms with van der Waals surface area (Å²) >= 11 is 0. The molecule has 0 unspecified atom stereocenters. The van der Waals surface area contributed by atoms with Crippen molar-refractivity contribution in [1.82, 2.24) is 4.98 Å². The highest BCUT2D eigenvalue weighted by Crippen LogP contribution is 2.34. The predicted molar refractivity (Wildman–Crippen MR) is 73.4 cm³/mol. The van der Waals surface area contributed by atoms with E-state index in [9.17, 15) is 23.1 Å². The molecule has 1 heterocycles. The van der Waals surface area contributed by atoms with Crippen LogP contribution in [0.1, 0.15) is 22.3 Å². The van der Waals surface area contributed by atoms with E-state index in [4.69, 9.17) is 5.26 Å². The van der Waals surface area contributed by atoms with Gasteiger partial charge in [0.1, 0.15) is 17.4 Å². The third-order valence-corrected chi connectivity index (χ3v) is 3.25. The lowest BCUT2D eigenvalue weighted by Gasteiger charge is -2.12. The minimum atomic E-state index is -4.81. The molecule has 0 atom stereocenters. The molecule has 114 valence electrons. The highest BCUT2D eigenvalue weighted by Gasteiger charge is 2.35. The van der Waals surface area contributed by atoms with Crippen molar-refractivity contribution in [2.24, 2.45) is 0 Å². The van der Waals surface area contributed by atoms with Gasteiger partial charge >= 0.3 is 6.18 Å². The van der Waals surface area contributed by atoms with Gasteiger partial charge in [-0.3, -0.25) is 4.79 Å². The lowest BCUT2D eigenvalue weighted by atomic mass is 10.0. The molecule has 2 N–H and O–H groups in total. The molecule has 0 aliphatic rings. The van der Waals surface area contributed by atoms with E-state index >= 15 is 0 Å². The van der Waals surface area contributed by atoms with Gasteiger partial charge in [0.05, 0.1) is 5.56 Å². The summed E-state index contributed by atoms with van der Waals surface area (Å²) in [4.78, 5) is 14.0. The number of benzene rings is 1. The van der Waals surface area contributed by atoms with E-state index in [1.54, 1.807) is 13.8 Å². The molecule has 4 nitrogen and oxygen atoms in total. The van der Waals surface area contributed by atoms with Crippen LogP contribution in [0.4, 0.5) is 13.2 Å². The maximum atomic E-state index is 13.0. The number of aryl methyl sites for hydroxylation is 2. The lowest BCUT2D eigenvalue weighted by Crippen LogP contribution is -2.19. The standard InChI is InChI=1S/C15H11F3N2O2/c1-7-3-9(4-8(2)13(7)21)12-5-11(15(16,17)18)10(6-19)14(22)20-12/h3-5,21H,1-2H3,(H,20,22). The van der Waals surface area contributed by atoms with Crippen LogP contribution in [0.3, 0.4) is 0 Å². The molecule has 2 rings (SSSR count). The zero-order chi connectivity index (χ0) is 16.7. The Morgan fingerprint density at radius 3 is 2.18 bits per heavy atom. The third-order valence-electron chi connectivity index (χ3n) is 3.25. The Bertz CT molecular complexity index is 822. The van der Waals surface area contributed by atoms with E-state index in [2.05, 4.69) is 4.98 Å². The van der Waals surface area contributed by atoms with Crippen molar-refractivity contribution in [2.75, 3.05) is 0 Å². The number of aromatic nitrogens is 1. The van der Waals surface area contributed by atoms with Crippen LogP contribution >= 0.6 is 0 Å². The number of rotatable bonds is 1. The average Bonchev–Trinajstić information content (AvgIpc) is 2.42. The number of phenols is 1. The van der Waals surface area contributed by atoms with Gasteiger partial charge in [0, 0.05) is 5.69 Å². The van der Waals surface area contributed by atoms with Crippen molar-refractivity contribution in [2.45, 2.75) is 20.0 Å². The van der Waals surface area contributed by atoms with Gasteiger partial charge in [-0.15, -0.1) is 0 Å². The van der Waals surface area contributed by atoms with Gasteiger partial charge < -0.3 is 10.1 Å². The van der Waals surface area contributed by atoms with Gasteiger partial charge in [-0.2, -0.15) is 18.4 Å². The SMILES string of the molecule is Cc1cc(-c2cc(C(F)(F)F)c(C#N)c(=O)[nH]2)cc(C)c1O. The van der Waals surface area contributed by atoms with Crippen LogP contribution in [0.15, 0.2) is 23.0 Å². The summed E-state index contributed by atoms with van der Waals surface area (Å²) in [5, 5.41) is 18.4. The van der Waals surface area contributed by atoms with Gasteiger partial charge in [0.2, 0.25) is 0 Å². The van der Waals surface area contributed by atoms with Crippen LogP contribution in [0.2, 0.25) is 0 Å². The summed E-state index contributed by atoms with van der Waals surface area (Å²) in [6.45, 7) is 3.19. The van der Waals surface area contributed by atoms with Gasteiger partial charge in [-0.25, -0.2) is 0 Å². The van der Waals surface area contributed by atoms with Crippen LogP contribution in [-0.2, 0) is 6.18 Å². The Morgan fingerprint density at radius 1 is 1.18 bits per heavy atom. The first kappa shape index (κ1) is 15.6. The summed E-state index contributed by atoms with van der Waals surface area (Å²) < 4.78 is 39.0. The second kappa shape index (κ2) is 5.22. The Balaban J connectivity index is 2.77. The molecule has 0 bridgehead atoms. The minimum Gasteiger partial charge on any atom is -0.507 e. The number of nitrogens with zero attached hydrogens (tertiary/aromatic N) is 1. The number of halogens is 3. The third kappa shape index (κ3) is 2.68. The van der Waals surface area contributed by atoms with Gasteiger partial charge in [0.25, 0.3) is 5.56 Å². The van der Waals surface area contributed by atoms with E-state index in [0.717, 1.165) is 6.07 Å². The van der Waals surface area contributed by atoms with Crippen LogP contribution in [-0.4, -0.2) is 10.1 Å². The highest BCUT2D eigenvalue weighted by molar-refractivity contribution is 5.65. The summed E-state index contributed by atoms with van der Waals surface area (Å²) in [6.07, 6.45) is -4.81. The Hall–Kier alpha value is -2.75. The van der Waals surface area contributed by atoms with Gasteiger partial charge in [-0.1, -0.05) is 0 Å². The van der Waals surface area contributed by atoms with Crippen molar-refractivity contribution in [3.63, 3.8) is 0 Å². The smallest absolute Gasteiger partial charge is 0.417 e. The van der Waals surface area contributed by atoms with Crippen molar-refractivity contribution in [1.29, 1.82) is 5.26 Å². The lowest BCUT2D eigenvalue weighted by molar-refractivity contribution is -0.137. The quantitative estimate of drug-likeness (QED) is 0.849. The maximum absolute atomic E-state index is 13.0. The first-order chi connectivity index (χ1) is 10.1. The number of alkyl halides is 3. The molecule has 0 saturated carbocycles. The predicted octanol–water partition coefficient (Wildman–Crippen LogP) is 3.25. The van der Waals surface area contributed by atoms with Gasteiger partial charge in [-0.05, 0) is 48.7 Å². The van der Waals surface area contributed by atoms with Gasteiger partial charge in [0.15, 0.2) is 0 Å². The van der Waals surface area contributed by atoms with E-state index in [-0.39, 0.29) is 11.4 Å². The van der Waals surface area contributed by atoms with Crippen molar-refractivity contribution in [3.05, 3.63) is 50.8 Å². The van der Waals surface area contributed by atoms with Crippen molar-refractivity contribution in [3.8, 4) is 23.1 Å². The first-order valence-corrected chi connectivity index (χ1v) is 6.20. The Kier molecular flexibility index (Phi) is 3.71. The molecule has 0 amide bonds. The van der Waals surface area contributed by atoms with E-state index < -0.39 is 22.9 Å². The zero-order valence-electron chi connectivity index (χ0n) is 11.7. The summed E-state index contributed by atoms with van der Waals surface area (Å²) in [6, 6.07) is 4.92. The topological polar surface area (TPSA) is 76.9 Å². The highest BCUT2D eigenvalue weighted by atomic mass is 19.4. The number of hydrogen-bond donors (Lipinski definition) is 2. The van der Waals surface area contributed by atoms with Crippen LogP contribution in [0.25, 0.3) is 11.3 Å². The number of H-pyrrole nitrogens is 1. The molecule has 0 aliphatic carbocycles. The minimum absolute atomic E-state index is 0.0378. The number of pyridine rings is 1. The number of aromatic amines is 1. The number of aromatic hydroxyl groups is 1. The molecule has 0 spiro atoms. The summed E-state index contributed by atoms with van der Waals surface area (Å²) in [5.41, 5.74) is -2.17. The molecule has 7 heteroatoms. The number of hydrogen-bond acceptors (Lipinski definition) is 3. The average molecular weight is 308 g/mol. The molecule has 0 radical (unpaired) electrons. The molecule has 2 aromatic rings. The molecule has 22 heavy (non-hydrogen) atoms. The summed E-state index contributed by atoms with van der Waals surface area (Å²) in [7, 11) is 0. The fraction of sp³-hybridized carbons (Fsp3) is 0.200. The van der Waals surface area contributed by atoms with E-state index in [0.29, 0.717) is 16.7 Å². The first-order valence-electron chi connectivity index (χ1n) is 6.20. The Labute approximate surface area is 123 Å². The summed E-state index contributed by atoms with van der Waals surface area (Å²) in [5.74, 6) is 0.0378. The second-order valence-electron chi connectivity index (χ2n) is 4.87. The monoisotopic (exact) mass is 308 g/mol. The fourth-order valence-corrected chi connectivity index (χ4v) is 2.16. The molecular weight excluding hydrogens is 297 g/mol. The Morgan fingerprint density at radius 2 is 1.73 bits per heavy atom. The number of nitriles is 1. The van der Waals surface area contributed by atoms with Crippen LogP contribution < -0.4 is 5.56 Å². The molecule has 0 fully saturated rings. The number of nitrogens with one attached hydrogen (secondary N) is 1. The largest absolute Gasteiger partial charge is 0.507 e. The fourth-order valence-electron chi connectivity index (χ4n) is 2.16. The molecular formula is C15H11F3N2O2.